The molecule has 9 nitrogen and oxygen atoms in total. The maximum atomic E-state index is 9.99. The summed E-state index contributed by atoms with van der Waals surface area (Å²) in [5.41, 5.74) is 5.36. The average Bonchev–Trinajstić information content (AvgIpc) is 3.94. The Morgan fingerprint density at radius 1 is 0.540 bits per heavy atom. The molecule has 0 radical (unpaired) electrons. The van der Waals surface area contributed by atoms with E-state index in [-0.39, 0.29) is 0 Å². The zero-order valence-electron chi connectivity index (χ0n) is 33.2. The molecule has 0 aliphatic heterocycles. The molecule has 0 atom stereocenters. The maximum absolute atomic E-state index is 9.99. The van der Waals surface area contributed by atoms with Gasteiger partial charge in [0, 0.05) is 41.6 Å². The fraction of sp³-hybridized carbons (Fsp3) is 0.0588. The first-order valence-electron chi connectivity index (χ1n) is 19.3. The first-order chi connectivity index (χ1) is 30.4. The lowest BCUT2D eigenvalue weighted by molar-refractivity contribution is 0.143. The van der Waals surface area contributed by atoms with Crippen molar-refractivity contribution in [2.24, 2.45) is 0 Å². The van der Waals surface area contributed by atoms with Crippen LogP contribution in [-0.2, 0) is 0 Å². The monoisotopic (exact) mass is 916 g/mol. The van der Waals surface area contributed by atoms with E-state index in [1.165, 1.54) is 0 Å². The minimum Gasteiger partial charge on any atom is -0.378 e. The van der Waals surface area contributed by atoms with E-state index in [0.29, 0.717) is 55.1 Å². The number of aliphatic hydroxyl groups is 1. The predicted octanol–water partition coefficient (Wildman–Crippen LogP) is 12.8. The van der Waals surface area contributed by atoms with E-state index in [1.807, 2.05) is 72.8 Å². The highest BCUT2D eigenvalue weighted by molar-refractivity contribution is 9.10. The van der Waals surface area contributed by atoms with Crippen molar-refractivity contribution in [2.45, 2.75) is 19.4 Å². The molecule has 10 aromatic rings. The van der Waals surface area contributed by atoms with Crippen LogP contribution in [0.1, 0.15) is 41.7 Å². The van der Waals surface area contributed by atoms with Gasteiger partial charge in [0.05, 0.1) is 79.7 Å². The predicted molar refractivity (Wildman–Crippen MR) is 253 cm³/mol. The Balaban J connectivity index is 0.000000162. The second-order valence-electron chi connectivity index (χ2n) is 15.2. The van der Waals surface area contributed by atoms with Crippen molar-refractivity contribution in [3.63, 3.8) is 0 Å². The number of aromatic nitrogens is 4. The zero-order chi connectivity index (χ0) is 44.2. The highest BCUT2D eigenvalue weighted by Gasteiger charge is 2.21. The zero-order valence-corrected chi connectivity index (χ0v) is 36.3. The van der Waals surface area contributed by atoms with Gasteiger partial charge in [0.2, 0.25) is 0 Å². The normalized spacial score (nSPS) is 11.1. The number of hydrogen-bond acceptors (Lipinski definition) is 7. The molecule has 0 unspecified atom stereocenters. The van der Waals surface area contributed by atoms with Gasteiger partial charge in [-0.2, -0.15) is 21.0 Å². The summed E-state index contributed by atoms with van der Waals surface area (Å²) in [7, 11) is 0. The van der Waals surface area contributed by atoms with Gasteiger partial charge in [-0.15, -0.1) is 0 Å². The van der Waals surface area contributed by atoms with E-state index in [2.05, 4.69) is 62.0 Å². The van der Waals surface area contributed by atoms with Gasteiger partial charge in [0.25, 0.3) is 0 Å². The van der Waals surface area contributed by atoms with Gasteiger partial charge in [-0.25, -0.2) is 9.97 Å². The Bertz CT molecular complexity index is 3700. The van der Waals surface area contributed by atoms with E-state index < -0.39 is 5.60 Å². The summed E-state index contributed by atoms with van der Waals surface area (Å²) in [6.07, 6.45) is 0. The van der Waals surface area contributed by atoms with E-state index in [4.69, 9.17) is 33.2 Å². The van der Waals surface area contributed by atoms with Crippen LogP contribution >= 0.6 is 39.1 Å². The number of nitriles is 4. The minimum atomic E-state index is -1.10. The van der Waals surface area contributed by atoms with Crippen LogP contribution in [0.5, 0.6) is 0 Å². The number of nitrogens with zero attached hydrogens (tertiary/aromatic N) is 6. The van der Waals surface area contributed by atoms with Gasteiger partial charge >= 0.3 is 0 Å². The number of hydrogen-bond donors (Lipinski definition) is 3. The van der Waals surface area contributed by atoms with Crippen molar-refractivity contribution in [1.29, 1.82) is 21.0 Å². The molecule has 0 saturated heterocycles. The van der Waals surface area contributed by atoms with E-state index in [0.717, 1.165) is 75.2 Å². The van der Waals surface area contributed by atoms with Crippen molar-refractivity contribution >= 4 is 104 Å². The van der Waals surface area contributed by atoms with E-state index >= 15 is 0 Å². The molecule has 3 N–H and O–H groups in total. The van der Waals surface area contributed by atoms with Gasteiger partial charge in [-0.3, -0.25) is 0 Å². The number of aromatic amines is 2. The maximum Gasteiger partial charge on any atom is 0.141 e. The summed E-state index contributed by atoms with van der Waals surface area (Å²) in [6.45, 7) is 3.28. The number of imidazole rings is 2. The summed E-state index contributed by atoms with van der Waals surface area (Å²) in [4.78, 5) is 16.4. The lowest BCUT2D eigenvalue weighted by atomic mass is 9.98. The van der Waals surface area contributed by atoms with Crippen molar-refractivity contribution in [3.8, 4) is 58.9 Å². The quantitative estimate of drug-likeness (QED) is 0.114. The molecule has 8 aromatic carbocycles. The number of nitrogens with one attached hydrogen (secondary N) is 2. The lowest BCUT2D eigenvalue weighted by Crippen LogP contribution is -2.14. The molecule has 0 amide bonds. The van der Waals surface area contributed by atoms with Crippen molar-refractivity contribution in [2.75, 3.05) is 0 Å². The van der Waals surface area contributed by atoms with Crippen molar-refractivity contribution in [3.05, 3.63) is 152 Å². The van der Waals surface area contributed by atoms with E-state index in [9.17, 15) is 26.2 Å². The molecule has 63 heavy (non-hydrogen) atoms. The van der Waals surface area contributed by atoms with Crippen LogP contribution in [0, 0.1) is 57.2 Å². The Kier molecular flexibility index (Phi) is 10.3. The number of rotatable bonds is 2. The Hall–Kier alpha value is -7.72. The summed E-state index contributed by atoms with van der Waals surface area (Å²) in [6, 6.07) is 42.0. The van der Waals surface area contributed by atoms with Gasteiger partial charge in [0.1, 0.15) is 17.2 Å². The van der Waals surface area contributed by atoms with Crippen LogP contribution in [0.25, 0.3) is 87.9 Å². The summed E-state index contributed by atoms with van der Waals surface area (Å²) in [5, 5.41) is 57.2. The topological polar surface area (TPSA) is 173 Å². The fourth-order valence-corrected chi connectivity index (χ4v) is 8.59. The van der Waals surface area contributed by atoms with Gasteiger partial charge in [0.15, 0.2) is 0 Å². The minimum absolute atomic E-state index is 0.374. The van der Waals surface area contributed by atoms with Crippen molar-refractivity contribution < 1.29 is 5.11 Å². The molecule has 298 valence electrons. The van der Waals surface area contributed by atoms with Crippen molar-refractivity contribution in [1.82, 2.24) is 19.9 Å². The van der Waals surface area contributed by atoms with Crippen LogP contribution in [0.15, 0.2) is 114 Å². The summed E-state index contributed by atoms with van der Waals surface area (Å²) >= 11 is 16.2. The summed E-state index contributed by atoms with van der Waals surface area (Å²) < 4.78 is 0.961. The van der Waals surface area contributed by atoms with Gasteiger partial charge in [-0.05, 0) is 108 Å². The Morgan fingerprint density at radius 3 is 1.43 bits per heavy atom. The summed E-state index contributed by atoms with van der Waals surface area (Å²) in [5.74, 6) is 6.84. The molecule has 2 aromatic heterocycles. The fourth-order valence-electron chi connectivity index (χ4n) is 7.89. The third kappa shape index (κ3) is 7.33. The third-order valence-electron chi connectivity index (χ3n) is 10.6. The van der Waals surface area contributed by atoms with Crippen LogP contribution in [0.4, 0.5) is 0 Å². The van der Waals surface area contributed by atoms with Crippen LogP contribution in [0.3, 0.4) is 0 Å². The van der Waals surface area contributed by atoms with Gasteiger partial charge < -0.3 is 15.1 Å². The second-order valence-corrected chi connectivity index (χ2v) is 16.9. The largest absolute Gasteiger partial charge is 0.378 e. The number of H-pyrrole nitrogens is 2. The Morgan fingerprint density at radius 2 is 0.952 bits per heavy atom. The lowest BCUT2D eigenvalue weighted by Gasteiger charge is -2.08. The molecular formula is C51H27BrCl2N8O. The highest BCUT2D eigenvalue weighted by atomic mass is 79.9. The molecule has 0 spiro atoms. The van der Waals surface area contributed by atoms with Gasteiger partial charge in [-0.1, -0.05) is 87.4 Å². The first kappa shape index (κ1) is 40.7. The number of benzene rings is 8. The molecular weight excluding hydrogens is 891 g/mol. The number of fused-ring (bicyclic) bond motifs is 12. The molecule has 10 rings (SSSR count). The molecule has 0 saturated carbocycles. The van der Waals surface area contributed by atoms with E-state index in [1.54, 1.807) is 50.2 Å². The second kappa shape index (κ2) is 16.0. The molecule has 0 aliphatic rings. The first-order valence-corrected chi connectivity index (χ1v) is 20.8. The third-order valence-corrected chi connectivity index (χ3v) is 11.6. The number of halogens is 3. The highest BCUT2D eigenvalue weighted by Crippen LogP contribution is 2.40. The molecule has 0 fully saturated rings. The molecule has 12 heteroatoms. The Labute approximate surface area is 378 Å². The molecule has 2 heterocycles. The average molecular weight is 919 g/mol. The molecule has 0 aliphatic carbocycles. The smallest absolute Gasteiger partial charge is 0.141 e. The standard InChI is InChI=1S/C28H17ClN4O.C23H10BrClN4/c1-28(2,34)11-10-16-6-8-20-22(12-16)23-13-19(29)7-9-21(23)26-25(20)32-27(33-26)24-17(14-30)4-3-5-18(24)15-31;24-14-4-6-16-18(8-14)19-9-15(25)5-7-17(19)22-21(16)28-23(29-22)20-12(10-26)2-1-3-13(20)11-27/h3-9,12-13,34H,1-2H3,(H,32,33);1-9H,(H,28,29). The van der Waals surface area contributed by atoms with Crippen LogP contribution < -0.4 is 0 Å². The SMILES string of the molecule is CC(C)(O)C#Cc1ccc2c(c1)c1cc(Cl)ccc1c1nc(-c3c(C#N)cccc3C#N)[nH]c21.N#Cc1cccc(C#N)c1-c1nc2c3ccc(Br)cc3c3cc(Cl)ccc3c2[nH]1. The van der Waals surface area contributed by atoms with Crippen LogP contribution in [-0.4, -0.2) is 30.6 Å². The molecule has 0 bridgehead atoms. The van der Waals surface area contributed by atoms with Crippen LogP contribution in [0.2, 0.25) is 10.0 Å².